The SMILES string of the molecule is CCCCCCCCCCCCCC(=O)NC1[C@H](Oc2c3cc4cc2Oc2ccc(cc2Cl)[C@@H](O[C@@H]2OC(CO)[C@@H](O)C(O)[C@@H]2NC(C)=O)[C@@H]2NC(=O)[C@H](NC(=O)[C@@H]4NC(=O)[C@H]4NC(=O)[C@@H](Cc5ccc(c(Cl)c5)O3)NC(=O)[C@H](N)c3ccc(O)c(c3)Oc3cc(O)cc4c3)c3ccc(O)c(c3)-c3c(O[C@H]4OC(CO)[C@@H](O)[C@@H](O)C4O)cc(O)cc3[C@@H](C(=O)O)NC2=O)OC(CO)[C@@H](O)[C@@H]1O. The summed E-state index contributed by atoms with van der Waals surface area (Å²) in [6, 6.07) is 0.741. The molecule has 42 nitrogen and oxygen atoms in total. The summed E-state index contributed by atoms with van der Waals surface area (Å²) in [6.45, 7) is -0.0242. The molecule has 9 heterocycles. The number of carbonyl (C=O) groups is 9. The van der Waals surface area contributed by atoms with Gasteiger partial charge in [0.2, 0.25) is 65.6 Å². The molecule has 6 unspecified atom stereocenters. The molecule has 136 heavy (non-hydrogen) atoms. The van der Waals surface area contributed by atoms with Crippen LogP contribution in [-0.2, 0) is 68.5 Å². The molecule has 3 fully saturated rings. The number of fused-ring (bicyclic) bond motifs is 14. The largest absolute Gasteiger partial charge is 0.508 e. The number of carboxylic acid groups (broad SMARTS) is 1. The van der Waals surface area contributed by atoms with Crippen LogP contribution < -0.4 is 72.0 Å². The van der Waals surface area contributed by atoms with Gasteiger partial charge in [-0.05, 0) is 119 Å². The minimum atomic E-state index is -2.59. The van der Waals surface area contributed by atoms with Gasteiger partial charge in [-0.1, -0.05) is 119 Å². The summed E-state index contributed by atoms with van der Waals surface area (Å²) in [5.41, 5.74) is 2.82. The molecule has 23 atom stereocenters. The van der Waals surface area contributed by atoms with Crippen molar-refractivity contribution in [2.45, 2.75) is 238 Å². The molecule has 0 spiro atoms. The van der Waals surface area contributed by atoms with E-state index in [4.69, 9.17) is 71.6 Å². The number of rotatable bonds is 24. The van der Waals surface area contributed by atoms with Crippen LogP contribution in [0, 0.1) is 0 Å². The molecule has 0 aliphatic carbocycles. The van der Waals surface area contributed by atoms with Gasteiger partial charge in [0.1, 0.15) is 156 Å². The Kier molecular flexibility index (Phi) is 32.0. The van der Waals surface area contributed by atoms with Crippen molar-refractivity contribution in [1.29, 1.82) is 0 Å². The minimum absolute atomic E-state index is 0.0282. The summed E-state index contributed by atoms with van der Waals surface area (Å²) < 4.78 is 57.6. The molecule has 44 heteroatoms. The molecule has 0 saturated carbocycles. The number of carbonyl (C=O) groups excluding carboxylic acids is 8. The molecule has 7 aromatic carbocycles. The number of ether oxygens (including phenoxy) is 9. The fourth-order valence-corrected chi connectivity index (χ4v) is 17.7. The molecule has 9 aliphatic heterocycles. The second kappa shape index (κ2) is 43.5. The van der Waals surface area contributed by atoms with Gasteiger partial charge in [-0.25, -0.2) is 4.79 Å². The van der Waals surface area contributed by atoms with Gasteiger partial charge in [0.05, 0.1) is 29.9 Å². The number of phenols is 4. The third-order valence-electron chi connectivity index (χ3n) is 24.5. The monoisotopic (exact) mass is 1930 g/mol. The van der Waals surface area contributed by atoms with Gasteiger partial charge >= 0.3 is 5.97 Å². The maximum atomic E-state index is 17.1. The van der Waals surface area contributed by atoms with Crippen LogP contribution in [0.5, 0.6) is 69.0 Å². The first-order chi connectivity index (χ1) is 65.0. The van der Waals surface area contributed by atoms with E-state index in [9.17, 15) is 95.8 Å². The maximum absolute atomic E-state index is 17.1. The van der Waals surface area contributed by atoms with Crippen molar-refractivity contribution in [1.82, 2.24) is 42.5 Å². The van der Waals surface area contributed by atoms with Gasteiger partial charge in [0.15, 0.2) is 35.3 Å². The van der Waals surface area contributed by atoms with Crippen molar-refractivity contribution < 1.29 is 162 Å². The van der Waals surface area contributed by atoms with E-state index >= 15 is 24.0 Å². The molecule has 16 rings (SSSR count). The number of benzene rings is 7. The van der Waals surface area contributed by atoms with Crippen molar-refractivity contribution in [3.63, 3.8) is 0 Å². The Morgan fingerprint density at radius 2 is 1.00 bits per heavy atom. The lowest BCUT2D eigenvalue weighted by Gasteiger charge is -2.44. The fourth-order valence-electron chi connectivity index (χ4n) is 17.2. The van der Waals surface area contributed by atoms with Crippen LogP contribution >= 0.6 is 23.2 Å². The van der Waals surface area contributed by atoms with E-state index in [0.29, 0.717) is 12.8 Å². The Bertz CT molecular complexity index is 5620. The lowest BCUT2D eigenvalue weighted by atomic mass is 9.89. The quantitative estimate of drug-likeness (QED) is 0.0387. The Hall–Kier alpha value is -12.1. The third kappa shape index (κ3) is 22.3. The summed E-state index contributed by atoms with van der Waals surface area (Å²) in [5, 5.41) is 191. The van der Waals surface area contributed by atoms with Crippen molar-refractivity contribution in [3.05, 3.63) is 164 Å². The van der Waals surface area contributed by atoms with Gasteiger partial charge in [0, 0.05) is 48.6 Å². The molecule has 25 N–H and O–H groups in total. The normalized spacial score (nSPS) is 28.4. The summed E-state index contributed by atoms with van der Waals surface area (Å²) in [4.78, 5) is 139. The van der Waals surface area contributed by atoms with E-state index in [1.54, 1.807) is 0 Å². The number of unbranched alkanes of at least 4 members (excludes halogenated alkanes) is 10. The number of nitrogens with one attached hydrogen (secondary N) is 8. The molecule has 0 aromatic heterocycles. The molecular weight excluding hydrogens is 1830 g/mol. The highest BCUT2D eigenvalue weighted by molar-refractivity contribution is 6.32. The molecule has 730 valence electrons. The number of halogens is 2. The maximum Gasteiger partial charge on any atom is 0.330 e. The molecule has 8 amide bonds. The lowest BCUT2D eigenvalue weighted by molar-refractivity contribution is -0.284. The molecule has 17 bridgehead atoms. The highest BCUT2D eigenvalue weighted by Gasteiger charge is 2.52. The van der Waals surface area contributed by atoms with Crippen LogP contribution in [0.1, 0.15) is 166 Å². The summed E-state index contributed by atoms with van der Waals surface area (Å²) >= 11 is 14.8. The zero-order valence-corrected chi connectivity index (χ0v) is 74.5. The topological polar surface area (TPSA) is 662 Å². The van der Waals surface area contributed by atoms with Crippen molar-refractivity contribution in [2.24, 2.45) is 5.73 Å². The smallest absolute Gasteiger partial charge is 0.330 e. The average molecular weight is 1940 g/mol. The number of aliphatic hydroxyl groups excluding tert-OH is 10. The first-order valence-electron chi connectivity index (χ1n) is 44.1. The van der Waals surface area contributed by atoms with Crippen LogP contribution in [0.3, 0.4) is 0 Å². The number of aliphatic carboxylic acids is 1. The van der Waals surface area contributed by atoms with Gasteiger partial charge in [-0.15, -0.1) is 0 Å². The first kappa shape index (κ1) is 99.9. The zero-order valence-electron chi connectivity index (χ0n) is 73.0. The van der Waals surface area contributed by atoms with Crippen LogP contribution in [0.2, 0.25) is 10.0 Å². The van der Waals surface area contributed by atoms with E-state index in [1.165, 1.54) is 30.3 Å². The predicted molar refractivity (Wildman–Crippen MR) is 472 cm³/mol. The molecule has 7 aromatic rings. The first-order valence-corrected chi connectivity index (χ1v) is 44.9. The van der Waals surface area contributed by atoms with Crippen LogP contribution in [0.4, 0.5) is 0 Å². The molecule has 9 aliphatic rings. The van der Waals surface area contributed by atoms with Gasteiger partial charge in [-0.2, -0.15) is 0 Å². The molecular formula is C92H105Cl2N9O33. The lowest BCUT2D eigenvalue weighted by Crippen LogP contribution is -2.65. The van der Waals surface area contributed by atoms with Crippen molar-refractivity contribution >= 4 is 76.4 Å². The van der Waals surface area contributed by atoms with Crippen LogP contribution in [-0.4, -0.2) is 254 Å². The van der Waals surface area contributed by atoms with E-state index in [0.717, 1.165) is 150 Å². The van der Waals surface area contributed by atoms with E-state index in [-0.39, 0.29) is 39.8 Å². The van der Waals surface area contributed by atoms with E-state index in [1.807, 2.05) is 0 Å². The number of aromatic hydroxyl groups is 4. The predicted octanol–water partition coefficient (Wildman–Crippen LogP) is 2.72. The number of phenolic OH excluding ortho intramolecular Hbond substituents is 4. The highest BCUT2D eigenvalue weighted by Crippen LogP contribution is 2.51. The Morgan fingerprint density at radius 1 is 0.471 bits per heavy atom. The van der Waals surface area contributed by atoms with E-state index in [2.05, 4.69) is 49.5 Å². The third-order valence-corrected chi connectivity index (χ3v) is 25.0. The second-order valence-corrected chi connectivity index (χ2v) is 34.9. The number of hydrogen-bond acceptors (Lipinski definition) is 33. The van der Waals surface area contributed by atoms with Gasteiger partial charge < -0.3 is 167 Å². The summed E-state index contributed by atoms with van der Waals surface area (Å²) in [6.07, 6.45) is -19.0. The van der Waals surface area contributed by atoms with Crippen LogP contribution in [0.25, 0.3) is 11.1 Å². The Balaban J connectivity index is 1.01. The molecule has 0 radical (unpaired) electrons. The number of carboxylic acids is 1. The number of amides is 8. The standard InChI is InChI=1S/C92H105Cl2N9O33/c1-3-4-5-6-7-8-9-10-11-12-13-14-64(112)98-72-78(117)75(114)62(36-105)133-91(72)136-82-59-30-44-31-60(82)130-56-22-18-42(28-51(56)94)81(135-90-71(96-38(2)107)77(116)74(113)61(35-104)132-90)73-88(125)102-70(89(126)127)49-33-46(109)34-58(131-92-80(119)79(118)76(115)63(37-106)134-92)65(49)48-27-41(17-19-53(48)110)67(85(122)103-73)100-87(124)69(44)101-86(123)68-43-25-45(108)32-47(26-43)128-57-29-40(16-20-54(57)111)66(95)84(121)97-52(83(120)99-68)24-39-15-21-55(129-59)50(93)23-39/h15-23,25-34,52,61-63,66-81,90-92,104-106,108-111,113-119H,3-14,24,35-37,95H2,1-2H3,(H,96,107)(H,97,121)(H,98,112)(H,99,120)(H,100,124)(H,101,123)(H,102,125)(H,103,122)(H,126,127)/t52-,61?,62?,63?,66-,67-,68+,69-,70+,71+,72?,73+,74-,75-,76-,77?,78-,79-,80?,81-,90+,91+,92+/m1/s1. The van der Waals surface area contributed by atoms with Gasteiger partial charge in [0.25, 0.3) is 0 Å². The number of nitrogens with two attached hydrogens (primary N) is 1. The fraction of sp³-hybridized carbons (Fsp3) is 0.446. The number of aliphatic hydroxyl groups is 10. The molecule has 3 saturated heterocycles. The van der Waals surface area contributed by atoms with Gasteiger partial charge in [-0.3, -0.25) is 38.4 Å². The number of hydrogen-bond donors (Lipinski definition) is 24. The Morgan fingerprint density at radius 3 is 1.61 bits per heavy atom. The Labute approximate surface area is 785 Å². The van der Waals surface area contributed by atoms with E-state index < -0.39 is 316 Å². The average Bonchev–Trinajstić information content (AvgIpc) is 0.751. The highest BCUT2D eigenvalue weighted by atomic mass is 35.5. The summed E-state index contributed by atoms with van der Waals surface area (Å²) in [5.74, 6) is -19.5. The second-order valence-electron chi connectivity index (χ2n) is 34.1. The van der Waals surface area contributed by atoms with Crippen molar-refractivity contribution in [3.8, 4) is 80.1 Å². The van der Waals surface area contributed by atoms with Crippen LogP contribution in [0.15, 0.2) is 115 Å². The van der Waals surface area contributed by atoms with Crippen molar-refractivity contribution in [2.75, 3.05) is 19.8 Å². The summed E-state index contributed by atoms with van der Waals surface area (Å²) in [7, 11) is 0. The zero-order chi connectivity index (χ0) is 97.5. The minimum Gasteiger partial charge on any atom is -0.508 e.